The predicted molar refractivity (Wildman–Crippen MR) is 128 cm³/mol. The summed E-state index contributed by atoms with van der Waals surface area (Å²) in [6, 6.07) is 11.5. The van der Waals surface area contributed by atoms with Gasteiger partial charge in [-0.25, -0.2) is 21.1 Å². The topological polar surface area (TPSA) is 104 Å². The number of sulfonamides is 2. The van der Waals surface area contributed by atoms with Crippen molar-refractivity contribution in [1.29, 1.82) is 0 Å². The molecule has 0 bridgehead atoms. The van der Waals surface area contributed by atoms with Crippen LogP contribution < -0.4 is 13.9 Å². The minimum Gasteiger partial charge on any atom is -0.497 e. The number of carbonyl (C=O) groups excluding carboxylic acids is 1. The molecule has 0 fully saturated rings. The van der Waals surface area contributed by atoms with E-state index in [0.717, 1.165) is 16.1 Å². The zero-order chi connectivity index (χ0) is 24.4. The van der Waals surface area contributed by atoms with Crippen LogP contribution in [0.25, 0.3) is 0 Å². The second-order valence-corrected chi connectivity index (χ2v) is 12.1. The second kappa shape index (κ2) is 9.70. The normalized spacial score (nSPS) is 13.8. The summed E-state index contributed by atoms with van der Waals surface area (Å²) in [7, 11) is -2.58. The number of fused-ring (bicyclic) bond motifs is 1. The molecular formula is C22H29N3O6S2. The highest BCUT2D eigenvalue weighted by molar-refractivity contribution is 7.92. The Bertz CT molecular complexity index is 1230. The Morgan fingerprint density at radius 2 is 1.73 bits per heavy atom. The maximum atomic E-state index is 12.9. The summed E-state index contributed by atoms with van der Waals surface area (Å²) >= 11 is 0. The summed E-state index contributed by atoms with van der Waals surface area (Å²) in [6.45, 7) is 0.630. The van der Waals surface area contributed by atoms with Crippen molar-refractivity contribution in [1.82, 2.24) is 4.31 Å². The fraction of sp³-hybridized carbons (Fsp3) is 0.409. The van der Waals surface area contributed by atoms with E-state index in [0.29, 0.717) is 36.5 Å². The number of carbonyl (C=O) groups is 1. The molecule has 0 aliphatic carbocycles. The highest BCUT2D eigenvalue weighted by Crippen LogP contribution is 2.31. The first kappa shape index (κ1) is 25.0. The van der Waals surface area contributed by atoms with E-state index in [1.54, 1.807) is 41.3 Å². The Morgan fingerprint density at radius 1 is 1.06 bits per heavy atom. The molecule has 0 saturated carbocycles. The van der Waals surface area contributed by atoms with Crippen LogP contribution in [0, 0.1) is 0 Å². The van der Waals surface area contributed by atoms with Gasteiger partial charge in [0.15, 0.2) is 0 Å². The molecule has 0 aromatic heterocycles. The van der Waals surface area contributed by atoms with E-state index < -0.39 is 20.0 Å². The van der Waals surface area contributed by atoms with Gasteiger partial charge < -0.3 is 9.64 Å². The Balaban J connectivity index is 1.68. The van der Waals surface area contributed by atoms with E-state index >= 15 is 0 Å². The van der Waals surface area contributed by atoms with E-state index in [4.69, 9.17) is 4.74 Å². The predicted octanol–water partition coefficient (Wildman–Crippen LogP) is 2.08. The van der Waals surface area contributed by atoms with E-state index in [9.17, 15) is 21.6 Å². The van der Waals surface area contributed by atoms with Crippen molar-refractivity contribution >= 4 is 37.3 Å². The summed E-state index contributed by atoms with van der Waals surface area (Å²) < 4.78 is 56.9. The molecule has 3 rings (SSSR count). The lowest BCUT2D eigenvalue weighted by Gasteiger charge is -2.23. The third kappa shape index (κ3) is 5.48. The molecule has 2 aromatic rings. The zero-order valence-corrected chi connectivity index (χ0v) is 20.8. The third-order valence-electron chi connectivity index (χ3n) is 5.54. The van der Waals surface area contributed by atoms with Gasteiger partial charge in [-0.3, -0.25) is 9.10 Å². The number of hydrogen-bond donors (Lipinski definition) is 0. The van der Waals surface area contributed by atoms with Gasteiger partial charge in [0.2, 0.25) is 26.0 Å². The molecule has 1 aliphatic heterocycles. The lowest BCUT2D eigenvalue weighted by Crippen LogP contribution is -2.33. The summed E-state index contributed by atoms with van der Waals surface area (Å²) in [5.41, 5.74) is 2.02. The van der Waals surface area contributed by atoms with Crippen molar-refractivity contribution < 1.29 is 26.4 Å². The summed E-state index contributed by atoms with van der Waals surface area (Å²) in [6.07, 6.45) is 2.21. The molecule has 1 aliphatic rings. The quantitative estimate of drug-likeness (QED) is 0.528. The van der Waals surface area contributed by atoms with Crippen LogP contribution in [0.5, 0.6) is 5.75 Å². The molecule has 0 N–H and O–H groups in total. The molecule has 2 aromatic carbocycles. The highest BCUT2D eigenvalue weighted by atomic mass is 32.2. The number of benzene rings is 2. The summed E-state index contributed by atoms with van der Waals surface area (Å²) in [5, 5.41) is 0. The number of nitrogens with zero attached hydrogens (tertiary/aromatic N) is 3. The van der Waals surface area contributed by atoms with Gasteiger partial charge in [-0.05, 0) is 60.9 Å². The van der Waals surface area contributed by atoms with Gasteiger partial charge in [0, 0.05) is 39.3 Å². The Hall–Kier alpha value is -2.63. The number of ether oxygens (including phenoxy) is 1. The van der Waals surface area contributed by atoms with E-state index in [-0.39, 0.29) is 23.8 Å². The van der Waals surface area contributed by atoms with Gasteiger partial charge in [-0.2, -0.15) is 0 Å². The molecular weight excluding hydrogens is 466 g/mol. The van der Waals surface area contributed by atoms with Crippen LogP contribution in [0.15, 0.2) is 47.4 Å². The first-order valence-corrected chi connectivity index (χ1v) is 13.7. The standard InChI is InChI=1S/C22H29N3O6S2/c1-23(2)33(29,30)20-11-12-21-17(16-20)13-15-24(21)22(26)6-5-14-25(32(4,27)28)18-7-9-19(31-3)10-8-18/h7-12,16H,5-6,13-15H2,1-4H3. The van der Waals surface area contributed by atoms with Crippen molar-refractivity contribution in [3.63, 3.8) is 0 Å². The monoisotopic (exact) mass is 495 g/mol. The first-order chi connectivity index (χ1) is 15.4. The second-order valence-electron chi connectivity index (χ2n) is 8.01. The van der Waals surface area contributed by atoms with Crippen molar-refractivity contribution in [2.24, 2.45) is 0 Å². The molecule has 9 nitrogen and oxygen atoms in total. The Labute approximate surface area is 195 Å². The molecule has 1 heterocycles. The number of anilines is 2. The van der Waals surface area contributed by atoms with E-state index in [1.165, 1.54) is 31.6 Å². The lowest BCUT2D eigenvalue weighted by atomic mass is 10.2. The minimum absolute atomic E-state index is 0.125. The van der Waals surface area contributed by atoms with Crippen molar-refractivity contribution in [2.45, 2.75) is 24.2 Å². The first-order valence-electron chi connectivity index (χ1n) is 10.4. The van der Waals surface area contributed by atoms with Crippen LogP contribution in [0.1, 0.15) is 18.4 Å². The van der Waals surface area contributed by atoms with Crippen LogP contribution in [0.4, 0.5) is 11.4 Å². The van der Waals surface area contributed by atoms with Gasteiger partial charge in [0.25, 0.3) is 0 Å². The van der Waals surface area contributed by atoms with Crippen LogP contribution in [-0.2, 0) is 31.3 Å². The summed E-state index contributed by atoms with van der Waals surface area (Å²) in [5.74, 6) is 0.497. The molecule has 0 radical (unpaired) electrons. The Kier molecular flexibility index (Phi) is 7.35. The largest absolute Gasteiger partial charge is 0.497 e. The van der Waals surface area contributed by atoms with Crippen LogP contribution >= 0.6 is 0 Å². The van der Waals surface area contributed by atoms with Crippen LogP contribution in [-0.4, -0.2) is 67.6 Å². The highest BCUT2D eigenvalue weighted by Gasteiger charge is 2.27. The SMILES string of the molecule is COc1ccc(N(CCCC(=O)N2CCc3cc(S(=O)(=O)N(C)C)ccc32)S(C)(=O)=O)cc1. The molecule has 11 heteroatoms. The smallest absolute Gasteiger partial charge is 0.242 e. The molecule has 0 saturated heterocycles. The maximum Gasteiger partial charge on any atom is 0.242 e. The molecule has 1 amide bonds. The molecule has 0 spiro atoms. The van der Waals surface area contributed by atoms with Gasteiger partial charge >= 0.3 is 0 Å². The molecule has 180 valence electrons. The number of rotatable bonds is 9. The Morgan fingerprint density at radius 3 is 2.30 bits per heavy atom. The minimum atomic E-state index is -3.55. The maximum absolute atomic E-state index is 12.9. The van der Waals surface area contributed by atoms with Crippen molar-refractivity contribution in [3.05, 3.63) is 48.0 Å². The average Bonchev–Trinajstić information content (AvgIpc) is 3.19. The van der Waals surface area contributed by atoms with Crippen LogP contribution in [0.3, 0.4) is 0 Å². The fourth-order valence-corrected chi connectivity index (χ4v) is 5.67. The third-order valence-corrected chi connectivity index (χ3v) is 8.54. The van der Waals surface area contributed by atoms with Gasteiger partial charge in [-0.15, -0.1) is 0 Å². The average molecular weight is 496 g/mol. The number of amides is 1. The van der Waals surface area contributed by atoms with Gasteiger partial charge in [-0.1, -0.05) is 0 Å². The van der Waals surface area contributed by atoms with Crippen molar-refractivity contribution in [2.75, 3.05) is 49.8 Å². The number of hydrogen-bond acceptors (Lipinski definition) is 6. The molecule has 33 heavy (non-hydrogen) atoms. The van der Waals surface area contributed by atoms with Gasteiger partial charge in [0.1, 0.15) is 5.75 Å². The molecule has 0 unspecified atom stereocenters. The summed E-state index contributed by atoms with van der Waals surface area (Å²) in [4.78, 5) is 14.7. The van der Waals surface area contributed by atoms with Crippen molar-refractivity contribution in [3.8, 4) is 5.75 Å². The number of methoxy groups -OCH3 is 1. The van der Waals surface area contributed by atoms with Crippen LogP contribution in [0.2, 0.25) is 0 Å². The zero-order valence-electron chi connectivity index (χ0n) is 19.2. The molecule has 0 atom stereocenters. The van der Waals surface area contributed by atoms with E-state index in [2.05, 4.69) is 0 Å². The fourth-order valence-electron chi connectivity index (χ4n) is 3.75. The van der Waals surface area contributed by atoms with E-state index in [1.807, 2.05) is 0 Å². The lowest BCUT2D eigenvalue weighted by molar-refractivity contribution is -0.118. The van der Waals surface area contributed by atoms with Gasteiger partial charge in [0.05, 0.1) is 23.9 Å².